The van der Waals surface area contributed by atoms with E-state index in [4.69, 9.17) is 4.18 Å². The topological polar surface area (TPSA) is 63.6 Å². The summed E-state index contributed by atoms with van der Waals surface area (Å²) in [4.78, 5) is 0.181. The Hall–Kier alpha value is -0.910. The van der Waals surface area contributed by atoms with Gasteiger partial charge in [-0.25, -0.2) is 0 Å². The van der Waals surface area contributed by atoms with Crippen molar-refractivity contribution in [2.24, 2.45) is 11.8 Å². The Morgan fingerprint density at radius 1 is 1.14 bits per heavy atom. The summed E-state index contributed by atoms with van der Waals surface area (Å²) in [6.07, 6.45) is 3.97. The van der Waals surface area contributed by atoms with E-state index in [-0.39, 0.29) is 16.7 Å². The highest BCUT2D eigenvalue weighted by atomic mass is 32.2. The number of benzene rings is 1. The summed E-state index contributed by atoms with van der Waals surface area (Å²) in [6, 6.07) is 6.69. The molecule has 3 aliphatic rings. The van der Waals surface area contributed by atoms with E-state index in [1.807, 2.05) is 6.92 Å². The molecule has 1 aromatic carbocycles. The van der Waals surface area contributed by atoms with Crippen molar-refractivity contribution in [2.45, 2.75) is 55.1 Å². The molecule has 0 aromatic heterocycles. The molecule has 1 N–H and O–H groups in total. The number of hydrogen-bond acceptors (Lipinski definition) is 4. The summed E-state index contributed by atoms with van der Waals surface area (Å²) in [5, 5.41) is 11.0. The van der Waals surface area contributed by atoms with Crippen LogP contribution in [0.1, 0.15) is 37.7 Å². The molecule has 1 aromatic rings. The Kier molecular flexibility index (Phi) is 2.67. The van der Waals surface area contributed by atoms with E-state index in [2.05, 4.69) is 0 Å². The molecule has 0 spiro atoms. The van der Waals surface area contributed by atoms with E-state index in [1.54, 1.807) is 24.3 Å². The van der Waals surface area contributed by atoms with Crippen LogP contribution in [0.3, 0.4) is 0 Å². The van der Waals surface area contributed by atoms with Gasteiger partial charge < -0.3 is 5.11 Å². The van der Waals surface area contributed by atoms with Crippen molar-refractivity contribution in [1.29, 1.82) is 0 Å². The summed E-state index contributed by atoms with van der Waals surface area (Å²) in [5.41, 5.74) is -0.802. The monoisotopic (exact) mass is 308 g/mol. The number of hydrogen-bond donors (Lipinski definition) is 1. The second-order valence-electron chi connectivity index (χ2n) is 6.87. The minimum absolute atomic E-state index is 0.181. The number of rotatable bonds is 3. The normalized spacial score (nSPS) is 40.9. The fourth-order valence-corrected chi connectivity index (χ4v) is 6.21. The van der Waals surface area contributed by atoms with Gasteiger partial charge in [-0.15, -0.1) is 0 Å². The maximum atomic E-state index is 12.6. The van der Waals surface area contributed by atoms with Gasteiger partial charge in [0.1, 0.15) is 5.60 Å². The Morgan fingerprint density at radius 2 is 1.81 bits per heavy atom. The lowest BCUT2D eigenvalue weighted by Crippen LogP contribution is -2.49. The summed E-state index contributed by atoms with van der Waals surface area (Å²) < 4.78 is 30.9. The maximum Gasteiger partial charge on any atom is 0.297 e. The summed E-state index contributed by atoms with van der Waals surface area (Å²) in [5.74, 6) is 0.394. The maximum absolute atomic E-state index is 12.6. The molecule has 0 heterocycles. The van der Waals surface area contributed by atoms with E-state index in [1.165, 1.54) is 0 Å². The Balaban J connectivity index is 1.71. The van der Waals surface area contributed by atoms with E-state index >= 15 is 0 Å². The minimum Gasteiger partial charge on any atom is -0.387 e. The summed E-state index contributed by atoms with van der Waals surface area (Å²) >= 11 is 0. The van der Waals surface area contributed by atoms with Gasteiger partial charge >= 0.3 is 0 Å². The van der Waals surface area contributed by atoms with Gasteiger partial charge in [0.05, 0.1) is 10.5 Å². The SMILES string of the molecule is Cc1ccc(S(=O)(=O)O[C@@]23CC[C@H]4C[C@H]2CC[C@]43O)cc1. The molecule has 0 saturated heterocycles. The second kappa shape index (κ2) is 4.09. The smallest absolute Gasteiger partial charge is 0.297 e. The number of aliphatic hydroxyl groups is 1. The van der Waals surface area contributed by atoms with Gasteiger partial charge in [-0.1, -0.05) is 17.7 Å². The molecule has 3 saturated carbocycles. The lowest BCUT2D eigenvalue weighted by Gasteiger charge is -2.35. The van der Waals surface area contributed by atoms with Crippen LogP contribution >= 0.6 is 0 Å². The molecule has 4 rings (SSSR count). The van der Waals surface area contributed by atoms with Crippen LogP contribution in [-0.4, -0.2) is 24.7 Å². The second-order valence-corrected chi connectivity index (χ2v) is 8.42. The zero-order chi connectivity index (χ0) is 14.9. The Morgan fingerprint density at radius 3 is 2.43 bits per heavy atom. The average molecular weight is 308 g/mol. The molecule has 4 nitrogen and oxygen atoms in total. The van der Waals surface area contributed by atoms with Crippen LogP contribution in [0.15, 0.2) is 29.2 Å². The first-order chi connectivity index (χ1) is 9.87. The molecule has 0 amide bonds. The molecule has 0 radical (unpaired) electrons. The molecule has 3 aliphatic carbocycles. The third-order valence-corrected chi connectivity index (χ3v) is 7.31. The zero-order valence-electron chi connectivity index (χ0n) is 12.1. The highest BCUT2D eigenvalue weighted by Crippen LogP contribution is 2.68. The van der Waals surface area contributed by atoms with Crippen molar-refractivity contribution in [3.8, 4) is 0 Å². The van der Waals surface area contributed by atoms with Crippen molar-refractivity contribution in [3.05, 3.63) is 29.8 Å². The predicted octanol–water partition coefficient (Wildman–Crippen LogP) is 2.39. The van der Waals surface area contributed by atoms with E-state index in [0.29, 0.717) is 12.8 Å². The standard InChI is InChI=1S/C16H20O4S/c1-11-2-4-14(5-3-11)21(18,19)20-16-9-7-12-10-13(16)6-8-15(12,16)17/h2-5,12-13,17H,6-10H2,1H3/t12-,13+,15-,16-/m0/s1. The van der Waals surface area contributed by atoms with Gasteiger partial charge in [-0.3, -0.25) is 4.18 Å². The third-order valence-electron chi connectivity index (χ3n) is 5.94. The fourth-order valence-electron chi connectivity index (χ4n) is 4.89. The molecule has 5 heteroatoms. The third kappa shape index (κ3) is 1.65. The highest BCUT2D eigenvalue weighted by molar-refractivity contribution is 7.86. The van der Waals surface area contributed by atoms with Crippen LogP contribution in [0.4, 0.5) is 0 Å². The Bertz CT molecular complexity index is 681. The van der Waals surface area contributed by atoms with Gasteiger partial charge in [-0.05, 0) is 63.0 Å². The highest BCUT2D eigenvalue weighted by Gasteiger charge is 2.74. The van der Waals surface area contributed by atoms with Crippen LogP contribution in [-0.2, 0) is 14.3 Å². The van der Waals surface area contributed by atoms with Gasteiger partial charge in [0.2, 0.25) is 0 Å². The minimum atomic E-state index is -3.83. The molecule has 4 atom stereocenters. The van der Waals surface area contributed by atoms with E-state index in [9.17, 15) is 13.5 Å². The Labute approximate surface area is 125 Å². The van der Waals surface area contributed by atoms with Gasteiger partial charge in [0, 0.05) is 0 Å². The summed E-state index contributed by atoms with van der Waals surface area (Å²) in [7, 11) is -3.83. The van der Waals surface area contributed by atoms with Crippen molar-refractivity contribution in [3.63, 3.8) is 0 Å². The first-order valence-corrected chi connectivity index (χ1v) is 9.03. The van der Waals surface area contributed by atoms with Crippen LogP contribution in [0, 0.1) is 18.8 Å². The molecule has 0 unspecified atom stereocenters. The fraction of sp³-hybridized carbons (Fsp3) is 0.625. The van der Waals surface area contributed by atoms with Crippen LogP contribution in [0.5, 0.6) is 0 Å². The van der Waals surface area contributed by atoms with Gasteiger partial charge in [0.15, 0.2) is 0 Å². The van der Waals surface area contributed by atoms with Gasteiger partial charge in [-0.2, -0.15) is 8.42 Å². The lowest BCUT2D eigenvalue weighted by atomic mass is 9.84. The van der Waals surface area contributed by atoms with Crippen molar-refractivity contribution < 1.29 is 17.7 Å². The van der Waals surface area contributed by atoms with Gasteiger partial charge in [0.25, 0.3) is 10.1 Å². The lowest BCUT2D eigenvalue weighted by molar-refractivity contribution is -0.0922. The molecular formula is C16H20O4S. The molecule has 4 bridgehead atoms. The first kappa shape index (κ1) is 13.7. The molecule has 3 fully saturated rings. The zero-order valence-corrected chi connectivity index (χ0v) is 12.9. The first-order valence-electron chi connectivity index (χ1n) is 7.62. The van der Waals surface area contributed by atoms with E-state index in [0.717, 1.165) is 24.8 Å². The van der Waals surface area contributed by atoms with Crippen LogP contribution < -0.4 is 0 Å². The molecule has 21 heavy (non-hydrogen) atoms. The molecule has 0 aliphatic heterocycles. The van der Waals surface area contributed by atoms with E-state index < -0.39 is 21.3 Å². The van der Waals surface area contributed by atoms with Crippen molar-refractivity contribution in [1.82, 2.24) is 0 Å². The van der Waals surface area contributed by atoms with Crippen molar-refractivity contribution in [2.75, 3.05) is 0 Å². The molecular weight excluding hydrogens is 288 g/mol. The molecule has 114 valence electrons. The van der Waals surface area contributed by atoms with Crippen LogP contribution in [0.2, 0.25) is 0 Å². The predicted molar refractivity (Wildman–Crippen MR) is 77.2 cm³/mol. The van der Waals surface area contributed by atoms with Crippen molar-refractivity contribution >= 4 is 10.1 Å². The summed E-state index contributed by atoms with van der Waals surface area (Å²) in [6.45, 7) is 1.91. The van der Waals surface area contributed by atoms with Crippen LogP contribution in [0.25, 0.3) is 0 Å². The largest absolute Gasteiger partial charge is 0.387 e. The average Bonchev–Trinajstić information content (AvgIpc) is 2.94. The number of aryl methyl sites for hydroxylation is 1. The quantitative estimate of drug-likeness (QED) is 0.871.